The summed E-state index contributed by atoms with van der Waals surface area (Å²) < 4.78 is 0.957. The lowest BCUT2D eigenvalue weighted by molar-refractivity contribution is 0.0952. The lowest BCUT2D eigenvalue weighted by Crippen LogP contribution is -2.23. The van der Waals surface area contributed by atoms with Crippen LogP contribution in [0.2, 0.25) is 0 Å². The molecule has 24 heavy (non-hydrogen) atoms. The zero-order chi connectivity index (χ0) is 16.5. The summed E-state index contributed by atoms with van der Waals surface area (Å²) in [6, 6.07) is 11.5. The summed E-state index contributed by atoms with van der Waals surface area (Å²) in [7, 11) is 0. The molecule has 4 rings (SSSR count). The van der Waals surface area contributed by atoms with Gasteiger partial charge >= 0.3 is 0 Å². The first-order valence-corrected chi connectivity index (χ1v) is 8.35. The maximum absolute atomic E-state index is 12.3. The number of aromatic nitrogens is 2. The summed E-state index contributed by atoms with van der Waals surface area (Å²) in [5.41, 5.74) is 6.09. The molecule has 0 saturated heterocycles. The summed E-state index contributed by atoms with van der Waals surface area (Å²) in [5, 5.41) is 8.39. The average molecular weight is 384 g/mol. The van der Waals surface area contributed by atoms with Gasteiger partial charge in [-0.05, 0) is 30.3 Å². The molecule has 0 atom stereocenters. The third kappa shape index (κ3) is 2.67. The van der Waals surface area contributed by atoms with Crippen LogP contribution in [0.5, 0.6) is 0 Å². The van der Waals surface area contributed by atoms with Crippen LogP contribution < -0.4 is 10.7 Å². The average Bonchev–Trinajstić information content (AvgIpc) is 2.89. The van der Waals surface area contributed by atoms with Crippen molar-refractivity contribution >= 4 is 44.3 Å². The van der Waals surface area contributed by atoms with Gasteiger partial charge in [0.05, 0.1) is 5.71 Å². The highest BCUT2D eigenvalue weighted by molar-refractivity contribution is 9.10. The molecule has 1 aromatic carbocycles. The number of halogens is 1. The summed E-state index contributed by atoms with van der Waals surface area (Å²) in [5.74, 6) is 0.552. The number of hydrogen-bond donors (Lipinski definition) is 3. The Hall–Kier alpha value is -2.67. The first-order valence-electron chi connectivity index (χ1n) is 7.56. The number of H-pyrrole nitrogens is 1. The van der Waals surface area contributed by atoms with Crippen LogP contribution in [-0.2, 0) is 0 Å². The van der Waals surface area contributed by atoms with E-state index in [1.807, 2.05) is 36.4 Å². The number of anilines is 1. The molecular formula is C17H14BrN5O. The van der Waals surface area contributed by atoms with Crippen LogP contribution in [0, 0.1) is 0 Å². The predicted molar refractivity (Wildman–Crippen MR) is 97.3 cm³/mol. The van der Waals surface area contributed by atoms with Crippen molar-refractivity contribution in [3.63, 3.8) is 0 Å². The highest BCUT2D eigenvalue weighted by atomic mass is 79.9. The predicted octanol–water partition coefficient (Wildman–Crippen LogP) is 3.28. The van der Waals surface area contributed by atoms with E-state index >= 15 is 0 Å². The van der Waals surface area contributed by atoms with Gasteiger partial charge in [-0.3, -0.25) is 10.2 Å². The number of hydrazone groups is 1. The fourth-order valence-corrected chi connectivity index (χ4v) is 3.17. The Bertz CT molecular complexity index is 948. The van der Waals surface area contributed by atoms with E-state index in [9.17, 15) is 4.79 Å². The van der Waals surface area contributed by atoms with Crippen molar-refractivity contribution in [2.45, 2.75) is 6.42 Å². The fraction of sp³-hybridized carbons (Fsp3) is 0.118. The number of fused-ring (bicyclic) bond motifs is 3. The Kier molecular flexibility index (Phi) is 3.78. The van der Waals surface area contributed by atoms with Crippen molar-refractivity contribution < 1.29 is 4.79 Å². The van der Waals surface area contributed by atoms with Gasteiger partial charge in [0.1, 0.15) is 11.5 Å². The van der Waals surface area contributed by atoms with Crippen LogP contribution in [0.15, 0.2) is 52.2 Å². The number of aromatic amines is 1. The second-order valence-corrected chi connectivity index (χ2v) is 6.37. The molecule has 1 amide bonds. The van der Waals surface area contributed by atoms with E-state index in [0.717, 1.165) is 26.7 Å². The SMILES string of the molecule is O=C1NCC/C(=N\Nc2ccccn2)c2c1[nH]c1ccc(Br)cc21. The molecule has 3 N–H and O–H groups in total. The molecule has 7 heteroatoms. The molecule has 0 radical (unpaired) electrons. The van der Waals surface area contributed by atoms with E-state index < -0.39 is 0 Å². The van der Waals surface area contributed by atoms with E-state index in [1.54, 1.807) is 6.20 Å². The summed E-state index contributed by atoms with van der Waals surface area (Å²) >= 11 is 3.50. The second-order valence-electron chi connectivity index (χ2n) is 5.46. The smallest absolute Gasteiger partial charge is 0.268 e. The van der Waals surface area contributed by atoms with E-state index in [4.69, 9.17) is 0 Å². The van der Waals surface area contributed by atoms with Gasteiger partial charge in [0.15, 0.2) is 0 Å². The molecule has 6 nitrogen and oxygen atoms in total. The zero-order valence-corrected chi connectivity index (χ0v) is 14.2. The molecule has 0 spiro atoms. The van der Waals surface area contributed by atoms with Gasteiger partial charge in [0.25, 0.3) is 5.91 Å². The fourth-order valence-electron chi connectivity index (χ4n) is 2.81. The Morgan fingerprint density at radius 2 is 2.17 bits per heavy atom. The van der Waals surface area contributed by atoms with Gasteiger partial charge in [0, 0.05) is 40.1 Å². The molecule has 0 saturated carbocycles. The van der Waals surface area contributed by atoms with Crippen molar-refractivity contribution in [1.82, 2.24) is 15.3 Å². The number of carbonyl (C=O) groups is 1. The van der Waals surface area contributed by atoms with Gasteiger partial charge in [0.2, 0.25) is 0 Å². The Morgan fingerprint density at radius 1 is 1.25 bits per heavy atom. The van der Waals surface area contributed by atoms with Gasteiger partial charge in [-0.2, -0.15) is 5.10 Å². The molecule has 0 unspecified atom stereocenters. The van der Waals surface area contributed by atoms with E-state index in [2.05, 4.69) is 41.7 Å². The number of benzene rings is 1. The third-order valence-corrected chi connectivity index (χ3v) is 4.39. The van der Waals surface area contributed by atoms with Crippen LogP contribution in [0.4, 0.5) is 5.82 Å². The van der Waals surface area contributed by atoms with E-state index in [1.165, 1.54) is 0 Å². The van der Waals surface area contributed by atoms with Crippen LogP contribution in [0.3, 0.4) is 0 Å². The standard InChI is InChI=1S/C17H14BrN5O/c18-10-4-5-12-11(9-10)15-13(6-8-20-17(24)16(15)21-12)22-23-14-3-1-2-7-19-14/h1-5,7,9,21H,6,8H2,(H,19,23)(H,20,24)/b22-13+. The maximum Gasteiger partial charge on any atom is 0.268 e. The molecule has 1 aliphatic heterocycles. The third-order valence-electron chi connectivity index (χ3n) is 3.89. The molecule has 120 valence electrons. The minimum Gasteiger partial charge on any atom is -0.350 e. The minimum atomic E-state index is -0.111. The number of hydrogen-bond acceptors (Lipinski definition) is 4. The molecule has 0 aliphatic carbocycles. The Balaban J connectivity index is 1.84. The molecule has 0 fully saturated rings. The lowest BCUT2D eigenvalue weighted by atomic mass is 10.0. The molecule has 3 aromatic rings. The lowest BCUT2D eigenvalue weighted by Gasteiger charge is -2.05. The number of nitrogens with zero attached hydrogens (tertiary/aromatic N) is 2. The topological polar surface area (TPSA) is 82.2 Å². The number of amides is 1. The minimum absolute atomic E-state index is 0.111. The molecule has 1 aliphatic rings. The van der Waals surface area contributed by atoms with Crippen LogP contribution >= 0.6 is 15.9 Å². The Labute approximate surface area is 146 Å². The zero-order valence-electron chi connectivity index (χ0n) is 12.6. The van der Waals surface area contributed by atoms with Gasteiger partial charge in [-0.25, -0.2) is 4.98 Å². The van der Waals surface area contributed by atoms with Crippen LogP contribution in [-0.4, -0.2) is 28.1 Å². The van der Waals surface area contributed by atoms with Crippen molar-refractivity contribution in [2.24, 2.45) is 5.10 Å². The van der Waals surface area contributed by atoms with Gasteiger partial charge in [-0.15, -0.1) is 0 Å². The van der Waals surface area contributed by atoms with Crippen LogP contribution in [0.1, 0.15) is 22.5 Å². The monoisotopic (exact) mass is 383 g/mol. The Morgan fingerprint density at radius 3 is 3.00 bits per heavy atom. The van der Waals surface area contributed by atoms with Crippen molar-refractivity contribution in [2.75, 3.05) is 12.0 Å². The molecule has 0 bridgehead atoms. The van der Waals surface area contributed by atoms with Crippen molar-refractivity contribution in [3.05, 3.63) is 58.3 Å². The normalized spacial score (nSPS) is 15.9. The summed E-state index contributed by atoms with van der Waals surface area (Å²) in [6.07, 6.45) is 2.34. The highest BCUT2D eigenvalue weighted by Gasteiger charge is 2.25. The maximum atomic E-state index is 12.3. The second kappa shape index (κ2) is 6.09. The van der Waals surface area contributed by atoms with Crippen molar-refractivity contribution in [1.29, 1.82) is 0 Å². The summed E-state index contributed by atoms with van der Waals surface area (Å²) in [6.45, 7) is 0.541. The number of nitrogens with one attached hydrogen (secondary N) is 3. The number of rotatable bonds is 2. The van der Waals surface area contributed by atoms with Crippen LogP contribution in [0.25, 0.3) is 10.9 Å². The van der Waals surface area contributed by atoms with E-state index in [-0.39, 0.29) is 5.91 Å². The van der Waals surface area contributed by atoms with E-state index in [0.29, 0.717) is 24.5 Å². The molecular weight excluding hydrogens is 370 g/mol. The first-order chi connectivity index (χ1) is 11.7. The molecule has 3 heterocycles. The number of carbonyl (C=O) groups excluding carboxylic acids is 1. The molecule has 2 aromatic heterocycles. The number of pyridine rings is 1. The van der Waals surface area contributed by atoms with Gasteiger partial charge in [-0.1, -0.05) is 22.0 Å². The van der Waals surface area contributed by atoms with Crippen molar-refractivity contribution in [3.8, 4) is 0 Å². The quantitative estimate of drug-likeness (QED) is 0.593. The largest absolute Gasteiger partial charge is 0.350 e. The first kappa shape index (κ1) is 14.9. The highest BCUT2D eigenvalue weighted by Crippen LogP contribution is 2.28. The summed E-state index contributed by atoms with van der Waals surface area (Å²) in [4.78, 5) is 19.7. The van der Waals surface area contributed by atoms with Gasteiger partial charge < -0.3 is 10.3 Å².